The van der Waals surface area contributed by atoms with Gasteiger partial charge in [-0.1, -0.05) is 13.3 Å². The second-order valence-electron chi connectivity index (χ2n) is 4.19. The van der Waals surface area contributed by atoms with Crippen LogP contribution in [-0.2, 0) is 0 Å². The number of hydrogen-bond donors (Lipinski definition) is 2. The third-order valence-corrected chi connectivity index (χ3v) is 2.54. The quantitative estimate of drug-likeness (QED) is 0.552. The van der Waals surface area contributed by atoms with Crippen LogP contribution < -0.4 is 0 Å². The molecule has 0 amide bonds. The molecular weight excluding hydrogens is 330 g/mol. The summed E-state index contributed by atoms with van der Waals surface area (Å²) >= 11 is 0. The van der Waals surface area contributed by atoms with Crippen LogP contribution in [0.25, 0.3) is 0 Å². The maximum atomic E-state index is 13.0. The van der Waals surface area contributed by atoms with Gasteiger partial charge in [-0.2, -0.15) is 39.5 Å². The third-order valence-electron chi connectivity index (χ3n) is 2.54. The van der Waals surface area contributed by atoms with E-state index in [-0.39, 0.29) is 0 Å². The zero-order chi connectivity index (χ0) is 17.5. The normalized spacial score (nSPS) is 17.0. The van der Waals surface area contributed by atoms with Crippen LogP contribution in [0.2, 0.25) is 0 Å². The summed E-state index contributed by atoms with van der Waals surface area (Å²) in [5.74, 6) is -27.7. The van der Waals surface area contributed by atoms with Gasteiger partial charge in [-0.3, -0.25) is 0 Å². The fourth-order valence-electron chi connectivity index (χ4n) is 1.24. The molecule has 0 heterocycles. The smallest absolute Gasteiger partial charge is 0.335 e. The lowest BCUT2D eigenvalue weighted by Crippen LogP contribution is -2.69. The van der Waals surface area contributed by atoms with Crippen molar-refractivity contribution in [1.82, 2.24) is 0 Å². The van der Waals surface area contributed by atoms with Crippen molar-refractivity contribution in [3.63, 3.8) is 0 Å². The number of halogens is 10. The predicted octanol–water partition coefficient (Wildman–Crippen LogP) is 3.27. The number of alkyl halides is 10. The van der Waals surface area contributed by atoms with Crippen LogP contribution in [-0.4, -0.2) is 46.1 Å². The predicted molar refractivity (Wildman–Crippen MR) is 47.9 cm³/mol. The molecule has 0 bridgehead atoms. The molecule has 0 spiro atoms. The van der Waals surface area contributed by atoms with Gasteiger partial charge in [0.15, 0.2) is 6.17 Å². The van der Waals surface area contributed by atoms with Crippen LogP contribution >= 0.6 is 0 Å². The van der Waals surface area contributed by atoms with Crippen LogP contribution in [0.3, 0.4) is 0 Å². The Balaban J connectivity index is 5.88. The standard InChI is InChI=1S/C9H10F10O2/c1-2-3-4(10)5(11,12)6(13,14)7(15,16)8(17,18)9(19,20)21/h4,20-21H,2-3H2,1H3. The fourth-order valence-corrected chi connectivity index (χ4v) is 1.24. The van der Waals surface area contributed by atoms with Crippen molar-refractivity contribution in [3.8, 4) is 0 Å². The monoisotopic (exact) mass is 340 g/mol. The SMILES string of the molecule is CCCC(F)C(F)(F)C(F)(F)C(F)(F)C(F)(F)C(O)(O)F. The largest absolute Gasteiger partial charge is 0.400 e. The van der Waals surface area contributed by atoms with Crippen molar-refractivity contribution >= 4 is 0 Å². The highest BCUT2D eigenvalue weighted by molar-refractivity contribution is 5.07. The molecule has 1 atom stereocenters. The van der Waals surface area contributed by atoms with E-state index in [0.717, 1.165) is 6.92 Å². The fraction of sp³-hybridized carbons (Fsp3) is 1.00. The molecule has 0 aliphatic rings. The van der Waals surface area contributed by atoms with E-state index in [0.29, 0.717) is 0 Å². The van der Waals surface area contributed by atoms with E-state index in [4.69, 9.17) is 10.2 Å². The summed E-state index contributed by atoms with van der Waals surface area (Å²) in [6.45, 7) is 1.02. The van der Waals surface area contributed by atoms with Crippen LogP contribution in [0.5, 0.6) is 0 Å². The second-order valence-corrected chi connectivity index (χ2v) is 4.19. The highest BCUT2D eigenvalue weighted by Gasteiger charge is 2.86. The van der Waals surface area contributed by atoms with Gasteiger partial charge in [0.1, 0.15) is 0 Å². The molecule has 0 aliphatic carbocycles. The topological polar surface area (TPSA) is 40.5 Å². The van der Waals surface area contributed by atoms with E-state index in [1.54, 1.807) is 0 Å². The molecule has 0 aliphatic heterocycles. The molecule has 128 valence electrons. The van der Waals surface area contributed by atoms with E-state index in [1.807, 2.05) is 0 Å². The minimum atomic E-state index is -7.29. The maximum absolute atomic E-state index is 13.0. The van der Waals surface area contributed by atoms with Crippen LogP contribution in [0.4, 0.5) is 43.9 Å². The number of rotatable bonds is 7. The van der Waals surface area contributed by atoms with Crippen molar-refractivity contribution in [2.75, 3.05) is 0 Å². The molecule has 12 heteroatoms. The highest BCUT2D eigenvalue weighted by atomic mass is 19.4. The first-order valence-corrected chi connectivity index (χ1v) is 5.27. The van der Waals surface area contributed by atoms with Gasteiger partial charge < -0.3 is 10.2 Å². The second kappa shape index (κ2) is 5.45. The summed E-state index contributed by atoms with van der Waals surface area (Å²) in [7, 11) is 0. The summed E-state index contributed by atoms with van der Waals surface area (Å²) in [4.78, 5) is 0. The summed E-state index contributed by atoms with van der Waals surface area (Å²) < 4.78 is 128. The molecular formula is C9H10F10O2. The van der Waals surface area contributed by atoms with Crippen molar-refractivity contribution in [1.29, 1.82) is 0 Å². The van der Waals surface area contributed by atoms with Crippen LogP contribution in [0.15, 0.2) is 0 Å². The Hall–Kier alpha value is -0.780. The number of aliphatic hydroxyl groups is 2. The Bertz CT molecular complexity index is 362. The summed E-state index contributed by atoms with van der Waals surface area (Å²) in [5.41, 5.74) is 0. The Labute approximate surface area is 111 Å². The molecule has 0 aromatic carbocycles. The Morgan fingerprint density at radius 2 is 1.14 bits per heavy atom. The Kier molecular flexibility index (Phi) is 5.25. The van der Waals surface area contributed by atoms with Crippen LogP contribution in [0, 0.1) is 0 Å². The lowest BCUT2D eigenvalue weighted by atomic mass is 9.93. The first-order valence-electron chi connectivity index (χ1n) is 5.27. The summed E-state index contributed by atoms with van der Waals surface area (Å²) in [6.07, 6.45) is -5.82. The molecule has 1 unspecified atom stereocenters. The minimum absolute atomic E-state index is 0.512. The first-order chi connectivity index (χ1) is 8.98. The van der Waals surface area contributed by atoms with Gasteiger partial charge in [-0.25, -0.2) is 4.39 Å². The lowest BCUT2D eigenvalue weighted by Gasteiger charge is -2.39. The summed E-state index contributed by atoms with van der Waals surface area (Å²) in [5, 5.41) is 15.5. The molecule has 0 aromatic heterocycles. The average molecular weight is 340 g/mol. The van der Waals surface area contributed by atoms with Gasteiger partial charge in [0.05, 0.1) is 0 Å². The molecule has 0 rings (SSSR count). The van der Waals surface area contributed by atoms with Crippen molar-refractivity contribution in [3.05, 3.63) is 0 Å². The maximum Gasteiger partial charge on any atom is 0.400 e. The molecule has 0 aromatic rings. The zero-order valence-electron chi connectivity index (χ0n) is 10.2. The van der Waals surface area contributed by atoms with E-state index >= 15 is 0 Å². The van der Waals surface area contributed by atoms with Crippen molar-refractivity contribution in [2.24, 2.45) is 0 Å². The van der Waals surface area contributed by atoms with Crippen molar-refractivity contribution < 1.29 is 54.1 Å². The van der Waals surface area contributed by atoms with Gasteiger partial charge in [-0.15, -0.1) is 0 Å². The molecule has 0 radical (unpaired) electrons. The third kappa shape index (κ3) is 2.91. The van der Waals surface area contributed by atoms with Gasteiger partial charge in [0.25, 0.3) is 0 Å². The molecule has 2 nitrogen and oxygen atoms in total. The zero-order valence-corrected chi connectivity index (χ0v) is 10.2. The number of hydrogen-bond acceptors (Lipinski definition) is 2. The average Bonchev–Trinajstić information content (AvgIpc) is 2.26. The highest BCUT2D eigenvalue weighted by Crippen LogP contribution is 2.56. The van der Waals surface area contributed by atoms with E-state index < -0.39 is 48.7 Å². The van der Waals surface area contributed by atoms with Gasteiger partial charge in [0, 0.05) is 0 Å². The Morgan fingerprint density at radius 3 is 1.43 bits per heavy atom. The van der Waals surface area contributed by atoms with Crippen LogP contribution in [0.1, 0.15) is 19.8 Å². The Morgan fingerprint density at radius 1 is 0.762 bits per heavy atom. The lowest BCUT2D eigenvalue weighted by molar-refractivity contribution is -0.458. The van der Waals surface area contributed by atoms with E-state index in [9.17, 15) is 43.9 Å². The first kappa shape index (κ1) is 20.2. The molecule has 0 fully saturated rings. The molecule has 21 heavy (non-hydrogen) atoms. The van der Waals surface area contributed by atoms with Crippen molar-refractivity contribution in [2.45, 2.75) is 55.7 Å². The van der Waals surface area contributed by atoms with E-state index in [2.05, 4.69) is 0 Å². The van der Waals surface area contributed by atoms with Gasteiger partial charge >= 0.3 is 29.7 Å². The molecule has 2 N–H and O–H groups in total. The minimum Gasteiger partial charge on any atom is -0.335 e. The molecule has 0 saturated carbocycles. The molecule has 0 saturated heterocycles. The van der Waals surface area contributed by atoms with E-state index in [1.165, 1.54) is 0 Å². The van der Waals surface area contributed by atoms with Gasteiger partial charge in [-0.05, 0) is 6.42 Å². The summed E-state index contributed by atoms with van der Waals surface area (Å²) in [6, 6.07) is -6.23. The van der Waals surface area contributed by atoms with Gasteiger partial charge in [0.2, 0.25) is 0 Å².